The van der Waals surface area contributed by atoms with Crippen LogP contribution in [0.3, 0.4) is 0 Å². The van der Waals surface area contributed by atoms with E-state index in [2.05, 4.69) is 32.4 Å². The van der Waals surface area contributed by atoms with Gasteiger partial charge < -0.3 is 25.3 Å². The largest absolute Gasteiger partial charge is 0.354 e. The third-order valence-electron chi connectivity index (χ3n) is 6.55. The molecule has 42 heavy (non-hydrogen) atoms. The van der Waals surface area contributed by atoms with E-state index < -0.39 is 18.5 Å². The highest BCUT2D eigenvalue weighted by Gasteiger charge is 2.39. The predicted molar refractivity (Wildman–Crippen MR) is 157 cm³/mol. The first kappa shape index (κ1) is 32.0. The molecule has 2 N–H and O–H groups in total. The molecule has 0 bridgehead atoms. The number of benzene rings is 1. The Hall–Kier alpha value is -4.55. The number of nitrogens with one attached hydrogen (secondary N) is 2. The second-order valence-electron chi connectivity index (χ2n) is 10.3. The van der Waals surface area contributed by atoms with E-state index in [4.69, 9.17) is 5.26 Å². The Morgan fingerprint density at radius 1 is 1.24 bits per heavy atom. The Balaban J connectivity index is 1.58. The molecule has 1 aliphatic heterocycles. The summed E-state index contributed by atoms with van der Waals surface area (Å²) in [5.41, 5.74) is 1.59. The smallest absolute Gasteiger partial charge is 0.266 e. The Morgan fingerprint density at radius 3 is 2.62 bits per heavy atom. The number of nitriles is 1. The van der Waals surface area contributed by atoms with E-state index in [1.807, 2.05) is 25.1 Å². The lowest BCUT2D eigenvalue weighted by molar-refractivity contribution is -0.135. The average molecular weight is 579 g/mol. The second kappa shape index (κ2) is 14.9. The van der Waals surface area contributed by atoms with Gasteiger partial charge in [0.2, 0.25) is 17.8 Å². The van der Waals surface area contributed by atoms with Gasteiger partial charge in [-0.2, -0.15) is 10.2 Å². The van der Waals surface area contributed by atoms with Crippen molar-refractivity contribution in [2.24, 2.45) is 0 Å². The van der Waals surface area contributed by atoms with Crippen molar-refractivity contribution in [3.05, 3.63) is 53.7 Å². The fourth-order valence-corrected chi connectivity index (χ4v) is 3.98. The Kier molecular flexibility index (Phi) is 11.3. The minimum Gasteiger partial charge on any atom is -0.354 e. The summed E-state index contributed by atoms with van der Waals surface area (Å²) in [7, 11) is 5.38. The molecule has 0 spiro atoms. The molecule has 2 aromatic rings. The molecule has 1 saturated heterocycles. The summed E-state index contributed by atoms with van der Waals surface area (Å²) in [6, 6.07) is 8.12. The minimum atomic E-state index is -2.81. The monoisotopic (exact) mass is 578 g/mol. The van der Waals surface area contributed by atoms with Crippen LogP contribution in [0.5, 0.6) is 0 Å². The van der Waals surface area contributed by atoms with Crippen LogP contribution in [0.4, 0.5) is 26.2 Å². The molecule has 1 fully saturated rings. The average Bonchev–Trinajstić information content (AvgIpc) is 3.33. The lowest BCUT2D eigenvalue weighted by Crippen LogP contribution is -2.45. The van der Waals surface area contributed by atoms with E-state index in [9.17, 15) is 18.4 Å². The number of alkyl halides is 2. The van der Waals surface area contributed by atoms with Crippen LogP contribution in [0.15, 0.2) is 42.6 Å². The van der Waals surface area contributed by atoms with Crippen LogP contribution in [0.2, 0.25) is 0 Å². The lowest BCUT2D eigenvalue weighted by atomic mass is 10.2. The third-order valence-corrected chi connectivity index (χ3v) is 6.55. The summed E-state index contributed by atoms with van der Waals surface area (Å²) >= 11 is 0. The molecule has 2 heterocycles. The highest BCUT2D eigenvalue weighted by atomic mass is 19.3. The number of hydrogen-bond acceptors (Lipinski definition) is 8. The van der Waals surface area contributed by atoms with Crippen LogP contribution < -0.4 is 15.5 Å². The summed E-state index contributed by atoms with van der Waals surface area (Å²) in [5, 5.41) is 14.8. The SMILES string of the molecule is C[C@@H](C(=O)NCCCC#Cc1cnc(Nc2ccc(C#N)cc2)nc1N1CCC(F)(F)C1)N(C)C(=O)C=CCN(C)C. The lowest BCUT2D eigenvalue weighted by Gasteiger charge is -2.23. The number of nitrogens with zero attached hydrogens (tertiary/aromatic N) is 6. The van der Waals surface area contributed by atoms with Crippen LogP contribution >= 0.6 is 0 Å². The van der Waals surface area contributed by atoms with Crippen LogP contribution in [0, 0.1) is 23.2 Å². The molecular formula is C30H36F2N8O2. The number of hydrogen-bond donors (Lipinski definition) is 2. The normalized spacial score (nSPS) is 14.7. The summed E-state index contributed by atoms with van der Waals surface area (Å²) in [5.74, 6) is 3.23. The summed E-state index contributed by atoms with van der Waals surface area (Å²) < 4.78 is 28.0. The van der Waals surface area contributed by atoms with Crippen molar-refractivity contribution in [3.8, 4) is 17.9 Å². The number of carbonyl (C=O) groups excluding carboxylic acids is 2. The van der Waals surface area contributed by atoms with Gasteiger partial charge in [0.25, 0.3) is 5.92 Å². The predicted octanol–water partition coefficient (Wildman–Crippen LogP) is 3.15. The van der Waals surface area contributed by atoms with Gasteiger partial charge in [-0.1, -0.05) is 17.9 Å². The van der Waals surface area contributed by atoms with Gasteiger partial charge in [-0.25, -0.2) is 13.8 Å². The van der Waals surface area contributed by atoms with Crippen molar-refractivity contribution in [3.63, 3.8) is 0 Å². The molecule has 0 radical (unpaired) electrons. The highest BCUT2D eigenvalue weighted by Crippen LogP contribution is 2.32. The Morgan fingerprint density at radius 2 is 1.98 bits per heavy atom. The quantitative estimate of drug-likeness (QED) is 0.237. The van der Waals surface area contributed by atoms with Crippen molar-refractivity contribution in [2.75, 3.05) is 57.5 Å². The Labute approximate surface area is 245 Å². The van der Waals surface area contributed by atoms with E-state index in [-0.39, 0.29) is 30.7 Å². The topological polar surface area (TPSA) is 117 Å². The van der Waals surface area contributed by atoms with Gasteiger partial charge in [-0.05, 0) is 51.7 Å². The van der Waals surface area contributed by atoms with Gasteiger partial charge in [-0.3, -0.25) is 9.59 Å². The van der Waals surface area contributed by atoms with E-state index in [1.165, 1.54) is 22.1 Å². The van der Waals surface area contributed by atoms with Crippen molar-refractivity contribution in [1.82, 2.24) is 25.1 Å². The molecule has 1 aromatic carbocycles. The Bertz CT molecular complexity index is 1380. The number of aromatic nitrogens is 2. The van der Waals surface area contributed by atoms with Crippen LogP contribution in [0.25, 0.3) is 0 Å². The van der Waals surface area contributed by atoms with Gasteiger partial charge >= 0.3 is 0 Å². The van der Waals surface area contributed by atoms with Crippen LogP contribution in [0.1, 0.15) is 37.3 Å². The van der Waals surface area contributed by atoms with Gasteiger partial charge in [0.05, 0.1) is 29.9 Å². The molecule has 2 amide bonds. The first-order valence-corrected chi connectivity index (χ1v) is 13.6. The molecule has 222 valence electrons. The number of carbonyl (C=O) groups is 2. The second-order valence-corrected chi connectivity index (χ2v) is 10.3. The van der Waals surface area contributed by atoms with Crippen molar-refractivity contribution < 1.29 is 18.4 Å². The van der Waals surface area contributed by atoms with Gasteiger partial charge in [0, 0.05) is 51.3 Å². The molecular weight excluding hydrogens is 542 g/mol. The van der Waals surface area contributed by atoms with Crippen LogP contribution in [-0.4, -0.2) is 90.9 Å². The minimum absolute atomic E-state index is 0.140. The maximum absolute atomic E-state index is 14.0. The van der Waals surface area contributed by atoms with Crippen molar-refractivity contribution >= 4 is 29.3 Å². The standard InChI is InChI=1S/C30H36F2N8O2/c1-22(39(4)26(41)10-8-17-38(2)3)28(42)34-16-7-5-6-9-24-20-35-29(36-25-13-11-23(19-33)12-14-25)37-27(24)40-18-15-30(31,32)21-40/h8,10-14,20,22H,5,7,15-18,21H2,1-4H3,(H,34,42)(H,35,36,37)/t22-/m0/s1. The molecule has 0 unspecified atom stereocenters. The molecule has 12 heteroatoms. The van der Waals surface area contributed by atoms with Crippen molar-refractivity contribution in [1.29, 1.82) is 5.26 Å². The molecule has 1 aromatic heterocycles. The fourth-order valence-electron chi connectivity index (χ4n) is 3.98. The summed E-state index contributed by atoms with van der Waals surface area (Å²) in [6.07, 6.45) is 5.43. The zero-order chi connectivity index (χ0) is 30.7. The maximum Gasteiger partial charge on any atom is 0.266 e. The molecule has 3 rings (SSSR count). The first-order valence-electron chi connectivity index (χ1n) is 13.6. The van der Waals surface area contributed by atoms with Gasteiger partial charge in [0.15, 0.2) is 0 Å². The third kappa shape index (κ3) is 9.53. The highest BCUT2D eigenvalue weighted by molar-refractivity contribution is 5.92. The van der Waals surface area contributed by atoms with Gasteiger partial charge in [0.1, 0.15) is 11.9 Å². The molecule has 0 aliphatic carbocycles. The van der Waals surface area contributed by atoms with Crippen molar-refractivity contribution in [2.45, 2.75) is 38.2 Å². The number of halogens is 2. The number of rotatable bonds is 11. The number of anilines is 3. The molecule has 1 atom stereocenters. The zero-order valence-electron chi connectivity index (χ0n) is 24.3. The van der Waals surface area contributed by atoms with Crippen LogP contribution in [-0.2, 0) is 9.59 Å². The maximum atomic E-state index is 14.0. The zero-order valence-corrected chi connectivity index (χ0v) is 24.3. The van der Waals surface area contributed by atoms with E-state index in [0.29, 0.717) is 48.6 Å². The number of amides is 2. The van der Waals surface area contributed by atoms with Gasteiger partial charge in [-0.15, -0.1) is 0 Å². The molecule has 1 aliphatic rings. The molecule has 0 saturated carbocycles. The molecule has 10 nitrogen and oxygen atoms in total. The van der Waals surface area contributed by atoms with E-state index >= 15 is 0 Å². The number of likely N-dealkylation sites (N-methyl/N-ethyl adjacent to an activating group) is 2. The fraction of sp³-hybridized carbons (Fsp3) is 0.433. The van der Waals surface area contributed by atoms with E-state index in [0.717, 1.165) is 0 Å². The van der Waals surface area contributed by atoms with E-state index in [1.54, 1.807) is 44.3 Å². The number of unbranched alkanes of at least 4 members (excludes halogenated alkanes) is 1. The summed E-state index contributed by atoms with van der Waals surface area (Å²) in [4.78, 5) is 38.3. The first-order chi connectivity index (χ1) is 20.0. The summed E-state index contributed by atoms with van der Waals surface area (Å²) in [6.45, 7) is 2.34.